The standard InChI is InChI=1S/C21H14FN5/c1-14-9-10-27-19(11-14)24-20(16-5-7-17(22)8-6-16)21(27)26-25-18-4-2-3-15(12-18)13-23/h2-12H,1H3. The Labute approximate surface area is 155 Å². The first kappa shape index (κ1) is 16.6. The number of imidazole rings is 1. The Morgan fingerprint density at radius 1 is 1.04 bits per heavy atom. The molecule has 0 saturated heterocycles. The van der Waals surface area contributed by atoms with Crippen LogP contribution in [-0.2, 0) is 0 Å². The maximum Gasteiger partial charge on any atom is 0.187 e. The Bertz CT molecular complexity index is 1200. The fraction of sp³-hybridized carbons (Fsp3) is 0.0476. The van der Waals surface area contributed by atoms with Gasteiger partial charge in [-0.15, -0.1) is 10.2 Å². The number of benzene rings is 2. The minimum absolute atomic E-state index is 0.310. The maximum absolute atomic E-state index is 13.3. The van der Waals surface area contributed by atoms with Gasteiger partial charge in [-0.2, -0.15) is 5.26 Å². The van der Waals surface area contributed by atoms with Crippen molar-refractivity contribution >= 4 is 17.2 Å². The van der Waals surface area contributed by atoms with E-state index in [1.54, 1.807) is 36.4 Å². The van der Waals surface area contributed by atoms with Crippen molar-refractivity contribution in [2.75, 3.05) is 0 Å². The molecule has 0 aliphatic carbocycles. The molecule has 0 unspecified atom stereocenters. The zero-order valence-corrected chi connectivity index (χ0v) is 14.5. The Morgan fingerprint density at radius 2 is 1.85 bits per heavy atom. The highest BCUT2D eigenvalue weighted by molar-refractivity contribution is 5.74. The summed E-state index contributed by atoms with van der Waals surface area (Å²) in [6.07, 6.45) is 1.88. The molecule has 0 atom stereocenters. The van der Waals surface area contributed by atoms with Crippen LogP contribution < -0.4 is 0 Å². The summed E-state index contributed by atoms with van der Waals surface area (Å²) in [5.74, 6) is 0.230. The second kappa shape index (κ2) is 6.81. The molecule has 4 aromatic rings. The van der Waals surface area contributed by atoms with Crippen LogP contribution in [0.5, 0.6) is 0 Å². The van der Waals surface area contributed by atoms with Crippen LogP contribution in [0.1, 0.15) is 11.1 Å². The molecule has 0 N–H and O–H groups in total. The number of pyridine rings is 1. The van der Waals surface area contributed by atoms with Crippen LogP contribution in [0.2, 0.25) is 0 Å². The minimum Gasteiger partial charge on any atom is -0.283 e. The first-order chi connectivity index (χ1) is 13.1. The number of hydrogen-bond donors (Lipinski definition) is 0. The lowest BCUT2D eigenvalue weighted by molar-refractivity contribution is 0.628. The molecule has 0 amide bonds. The summed E-state index contributed by atoms with van der Waals surface area (Å²) in [5, 5.41) is 17.7. The van der Waals surface area contributed by atoms with Gasteiger partial charge in [0.1, 0.15) is 17.2 Å². The largest absolute Gasteiger partial charge is 0.283 e. The zero-order chi connectivity index (χ0) is 18.8. The van der Waals surface area contributed by atoms with E-state index in [-0.39, 0.29) is 5.82 Å². The average molecular weight is 355 g/mol. The molecule has 4 rings (SSSR count). The van der Waals surface area contributed by atoms with Gasteiger partial charge in [0, 0.05) is 11.8 Å². The number of nitriles is 1. The van der Waals surface area contributed by atoms with Gasteiger partial charge in [-0.3, -0.25) is 4.40 Å². The van der Waals surface area contributed by atoms with Gasteiger partial charge in [-0.05, 0) is 67.1 Å². The van der Waals surface area contributed by atoms with Crippen LogP contribution in [0.25, 0.3) is 16.9 Å². The number of azo groups is 1. The Morgan fingerprint density at radius 3 is 2.63 bits per heavy atom. The summed E-state index contributed by atoms with van der Waals surface area (Å²) >= 11 is 0. The molecule has 6 heteroatoms. The summed E-state index contributed by atoms with van der Waals surface area (Å²) in [7, 11) is 0. The van der Waals surface area contributed by atoms with Gasteiger partial charge in [0.15, 0.2) is 5.82 Å². The maximum atomic E-state index is 13.3. The van der Waals surface area contributed by atoms with Crippen molar-refractivity contribution in [2.45, 2.75) is 6.92 Å². The second-order valence-corrected chi connectivity index (χ2v) is 6.09. The van der Waals surface area contributed by atoms with Crippen LogP contribution in [0, 0.1) is 24.1 Å². The molecule has 0 bridgehead atoms. The molecular formula is C21H14FN5. The highest BCUT2D eigenvalue weighted by Crippen LogP contribution is 2.32. The number of nitrogens with zero attached hydrogens (tertiary/aromatic N) is 5. The number of aromatic nitrogens is 2. The van der Waals surface area contributed by atoms with E-state index < -0.39 is 0 Å². The lowest BCUT2D eigenvalue weighted by Crippen LogP contribution is -1.84. The molecule has 0 fully saturated rings. The van der Waals surface area contributed by atoms with Gasteiger partial charge in [-0.25, -0.2) is 9.37 Å². The van der Waals surface area contributed by atoms with Crippen molar-refractivity contribution in [2.24, 2.45) is 10.2 Å². The lowest BCUT2D eigenvalue weighted by atomic mass is 10.1. The molecule has 2 aromatic carbocycles. The highest BCUT2D eigenvalue weighted by Gasteiger charge is 2.14. The van der Waals surface area contributed by atoms with E-state index in [9.17, 15) is 4.39 Å². The molecule has 5 nitrogen and oxygen atoms in total. The van der Waals surface area contributed by atoms with Gasteiger partial charge in [0.25, 0.3) is 0 Å². The Hall–Kier alpha value is -3.85. The van der Waals surface area contributed by atoms with Gasteiger partial charge in [0.05, 0.1) is 17.3 Å². The van der Waals surface area contributed by atoms with E-state index in [0.717, 1.165) is 16.8 Å². The number of rotatable bonds is 3. The molecular weight excluding hydrogens is 341 g/mol. The van der Waals surface area contributed by atoms with Crippen LogP contribution in [0.3, 0.4) is 0 Å². The second-order valence-electron chi connectivity index (χ2n) is 6.09. The average Bonchev–Trinajstić information content (AvgIpc) is 3.04. The van der Waals surface area contributed by atoms with E-state index in [1.165, 1.54) is 12.1 Å². The topological polar surface area (TPSA) is 65.8 Å². The highest BCUT2D eigenvalue weighted by atomic mass is 19.1. The summed E-state index contributed by atoms with van der Waals surface area (Å²) in [6, 6.07) is 19.0. The van der Waals surface area contributed by atoms with E-state index in [0.29, 0.717) is 22.8 Å². The third-order valence-corrected chi connectivity index (χ3v) is 4.11. The van der Waals surface area contributed by atoms with E-state index in [4.69, 9.17) is 5.26 Å². The normalized spacial score (nSPS) is 11.1. The molecule has 0 aliphatic heterocycles. The first-order valence-electron chi connectivity index (χ1n) is 8.30. The van der Waals surface area contributed by atoms with Crippen LogP contribution in [0.15, 0.2) is 77.1 Å². The van der Waals surface area contributed by atoms with Gasteiger partial charge in [-0.1, -0.05) is 6.07 Å². The van der Waals surface area contributed by atoms with Crippen molar-refractivity contribution < 1.29 is 4.39 Å². The molecule has 130 valence electrons. The molecule has 27 heavy (non-hydrogen) atoms. The smallest absolute Gasteiger partial charge is 0.187 e. The molecule has 2 heterocycles. The van der Waals surface area contributed by atoms with Crippen molar-refractivity contribution in [3.8, 4) is 17.3 Å². The summed E-state index contributed by atoms with van der Waals surface area (Å²) in [5.41, 5.74) is 4.25. The number of aryl methyl sites for hydroxylation is 1. The van der Waals surface area contributed by atoms with Crippen LogP contribution in [-0.4, -0.2) is 9.38 Å². The van der Waals surface area contributed by atoms with E-state index >= 15 is 0 Å². The quantitative estimate of drug-likeness (QED) is 0.440. The van der Waals surface area contributed by atoms with Crippen molar-refractivity contribution in [3.63, 3.8) is 0 Å². The van der Waals surface area contributed by atoms with Crippen LogP contribution in [0.4, 0.5) is 15.9 Å². The number of fused-ring (bicyclic) bond motifs is 1. The van der Waals surface area contributed by atoms with Crippen LogP contribution >= 0.6 is 0 Å². The lowest BCUT2D eigenvalue weighted by Gasteiger charge is -2.00. The Kier molecular flexibility index (Phi) is 4.19. The van der Waals surface area contributed by atoms with Gasteiger partial charge in [0.2, 0.25) is 0 Å². The minimum atomic E-state index is -0.310. The number of halogens is 1. The molecule has 0 saturated carbocycles. The zero-order valence-electron chi connectivity index (χ0n) is 14.5. The fourth-order valence-electron chi connectivity index (χ4n) is 2.77. The van der Waals surface area contributed by atoms with Gasteiger partial charge < -0.3 is 0 Å². The summed E-state index contributed by atoms with van der Waals surface area (Å²) in [6.45, 7) is 1.99. The summed E-state index contributed by atoms with van der Waals surface area (Å²) < 4.78 is 15.1. The first-order valence-corrected chi connectivity index (χ1v) is 8.30. The SMILES string of the molecule is Cc1ccn2c(N=Nc3cccc(C#N)c3)c(-c3ccc(F)cc3)nc2c1. The molecule has 0 aliphatic rings. The van der Waals surface area contributed by atoms with Crippen molar-refractivity contribution in [1.82, 2.24) is 9.38 Å². The number of hydrogen-bond acceptors (Lipinski definition) is 4. The molecule has 2 aromatic heterocycles. The molecule has 0 radical (unpaired) electrons. The van der Waals surface area contributed by atoms with E-state index in [1.807, 2.05) is 29.7 Å². The van der Waals surface area contributed by atoms with Gasteiger partial charge >= 0.3 is 0 Å². The summed E-state index contributed by atoms with van der Waals surface area (Å²) in [4.78, 5) is 4.65. The predicted molar refractivity (Wildman–Crippen MR) is 101 cm³/mol. The third kappa shape index (κ3) is 3.31. The van der Waals surface area contributed by atoms with Crippen molar-refractivity contribution in [1.29, 1.82) is 5.26 Å². The monoisotopic (exact) mass is 355 g/mol. The Balaban J connectivity index is 1.87. The van der Waals surface area contributed by atoms with Crippen molar-refractivity contribution in [3.05, 3.63) is 83.8 Å². The predicted octanol–water partition coefficient (Wildman–Crippen LogP) is 5.74. The van der Waals surface area contributed by atoms with E-state index in [2.05, 4.69) is 21.3 Å². The molecule has 0 spiro atoms. The fourth-order valence-corrected chi connectivity index (χ4v) is 2.77. The third-order valence-electron chi connectivity index (χ3n) is 4.11.